The van der Waals surface area contributed by atoms with Crippen LogP contribution >= 0.6 is 0 Å². The van der Waals surface area contributed by atoms with E-state index in [0.717, 1.165) is 51.3 Å². The summed E-state index contributed by atoms with van der Waals surface area (Å²) in [6, 6.07) is 7.42. The topological polar surface area (TPSA) is 71.2 Å². The molecule has 1 aromatic carbocycles. The molecule has 0 bridgehead atoms. The van der Waals surface area contributed by atoms with Crippen LogP contribution in [-0.2, 0) is 9.53 Å². The van der Waals surface area contributed by atoms with E-state index < -0.39 is 0 Å². The minimum absolute atomic E-state index is 0.0460. The maximum atomic E-state index is 12.2. The first-order chi connectivity index (χ1) is 12.9. The Hall–Kier alpha value is -3.08. The quantitative estimate of drug-likeness (QED) is 0.796. The molecule has 5 nitrogen and oxygen atoms in total. The lowest BCUT2D eigenvalue weighted by molar-refractivity contribution is -0.116. The van der Waals surface area contributed by atoms with E-state index in [1.807, 2.05) is 52.0 Å². The van der Waals surface area contributed by atoms with Gasteiger partial charge < -0.3 is 15.0 Å². The van der Waals surface area contributed by atoms with Crippen LogP contribution < -0.4 is 5.32 Å². The summed E-state index contributed by atoms with van der Waals surface area (Å²) in [6.45, 7) is 7.88. The molecule has 140 valence electrons. The summed E-state index contributed by atoms with van der Waals surface area (Å²) in [5.41, 5.74) is 7.86. The molecule has 3 rings (SSSR count). The molecule has 1 aliphatic rings. The van der Waals surface area contributed by atoms with Crippen molar-refractivity contribution in [3.63, 3.8) is 0 Å². The Bertz CT molecular complexity index is 993. The summed E-state index contributed by atoms with van der Waals surface area (Å²) in [5, 5.41) is 2.94. The molecular weight excluding hydrogens is 340 g/mol. The number of rotatable bonds is 4. The summed E-state index contributed by atoms with van der Waals surface area (Å²) in [5.74, 6) is -0.407. The van der Waals surface area contributed by atoms with Crippen LogP contribution in [0.1, 0.15) is 47.6 Å². The summed E-state index contributed by atoms with van der Waals surface area (Å²) in [7, 11) is 1.38. The van der Waals surface area contributed by atoms with Crippen molar-refractivity contribution in [1.29, 1.82) is 0 Å². The molecule has 1 amide bonds. The third kappa shape index (κ3) is 3.21. The minimum atomic E-state index is -0.361. The van der Waals surface area contributed by atoms with Crippen LogP contribution in [0.4, 0.5) is 0 Å². The SMILES string of the molecule is CCC1=C(C)C(=O)N/C1=C/c1[nH]c(C)c(-c2ccccc2C(=O)OC)c1C. The average Bonchev–Trinajstić information content (AvgIpc) is 3.09. The maximum absolute atomic E-state index is 12.2. The molecule has 0 aliphatic carbocycles. The standard InChI is InChI=1S/C22H24N2O3/c1-6-15-12(2)21(25)24-19(15)11-18-13(3)20(14(4)23-18)16-9-7-8-10-17(16)22(26)27-5/h7-11,23H,6H2,1-5H3,(H,24,25)/b19-11+. The molecule has 0 atom stereocenters. The van der Waals surface area contributed by atoms with Gasteiger partial charge in [-0.2, -0.15) is 0 Å². The van der Waals surface area contributed by atoms with E-state index in [4.69, 9.17) is 4.74 Å². The zero-order valence-electron chi connectivity index (χ0n) is 16.3. The first kappa shape index (κ1) is 18.7. The first-order valence-electron chi connectivity index (χ1n) is 8.99. The van der Waals surface area contributed by atoms with Gasteiger partial charge in [0.1, 0.15) is 0 Å². The molecule has 5 heteroatoms. The number of methoxy groups -OCH3 is 1. The van der Waals surface area contributed by atoms with Crippen LogP contribution in [0, 0.1) is 13.8 Å². The summed E-state index contributed by atoms with van der Waals surface area (Å²) in [6.07, 6.45) is 2.76. The molecule has 27 heavy (non-hydrogen) atoms. The highest BCUT2D eigenvalue weighted by Crippen LogP contribution is 2.34. The van der Waals surface area contributed by atoms with E-state index in [1.54, 1.807) is 6.07 Å². The van der Waals surface area contributed by atoms with Gasteiger partial charge in [-0.25, -0.2) is 4.79 Å². The van der Waals surface area contributed by atoms with Gasteiger partial charge in [-0.15, -0.1) is 0 Å². The second-order valence-corrected chi connectivity index (χ2v) is 6.67. The molecular formula is C22H24N2O3. The molecule has 1 aromatic heterocycles. The highest BCUT2D eigenvalue weighted by atomic mass is 16.5. The Kier molecular flexibility index (Phi) is 5.04. The molecule has 0 spiro atoms. The first-order valence-corrected chi connectivity index (χ1v) is 8.99. The molecule has 1 aliphatic heterocycles. The highest BCUT2D eigenvalue weighted by molar-refractivity contribution is 6.01. The van der Waals surface area contributed by atoms with Crippen molar-refractivity contribution in [2.24, 2.45) is 0 Å². The molecule has 2 heterocycles. The zero-order chi connectivity index (χ0) is 19.7. The van der Waals surface area contributed by atoms with Crippen molar-refractivity contribution in [3.05, 3.63) is 63.6 Å². The summed E-state index contributed by atoms with van der Waals surface area (Å²) >= 11 is 0. The van der Waals surface area contributed by atoms with Crippen LogP contribution in [0.3, 0.4) is 0 Å². The Balaban J connectivity index is 2.12. The molecule has 0 fully saturated rings. The van der Waals surface area contributed by atoms with E-state index in [1.165, 1.54) is 7.11 Å². The van der Waals surface area contributed by atoms with Crippen LogP contribution in [0.15, 0.2) is 41.1 Å². The van der Waals surface area contributed by atoms with Crippen molar-refractivity contribution < 1.29 is 14.3 Å². The number of esters is 1. The van der Waals surface area contributed by atoms with E-state index in [0.29, 0.717) is 5.56 Å². The molecule has 0 saturated heterocycles. The number of hydrogen-bond donors (Lipinski definition) is 2. The predicted molar refractivity (Wildman–Crippen MR) is 106 cm³/mol. The van der Waals surface area contributed by atoms with E-state index >= 15 is 0 Å². The Labute approximate surface area is 159 Å². The van der Waals surface area contributed by atoms with Gasteiger partial charge in [0.05, 0.1) is 12.7 Å². The number of aromatic amines is 1. The number of benzene rings is 1. The number of aryl methyl sites for hydroxylation is 1. The third-order valence-electron chi connectivity index (χ3n) is 5.09. The molecule has 2 N–H and O–H groups in total. The van der Waals surface area contributed by atoms with E-state index in [2.05, 4.69) is 10.3 Å². The van der Waals surface area contributed by atoms with E-state index in [9.17, 15) is 9.59 Å². The van der Waals surface area contributed by atoms with Gasteiger partial charge in [-0.3, -0.25) is 4.79 Å². The predicted octanol–water partition coefficient (Wildman–Crippen LogP) is 4.28. The van der Waals surface area contributed by atoms with Gasteiger partial charge in [0.2, 0.25) is 0 Å². The fourth-order valence-electron chi connectivity index (χ4n) is 3.67. The van der Waals surface area contributed by atoms with Crippen molar-refractivity contribution >= 4 is 18.0 Å². The Morgan fingerprint density at radius 3 is 2.56 bits per heavy atom. The molecule has 0 saturated carbocycles. The monoisotopic (exact) mass is 364 g/mol. The number of allylic oxidation sites excluding steroid dienone is 1. The zero-order valence-corrected chi connectivity index (χ0v) is 16.3. The van der Waals surface area contributed by atoms with Crippen LogP contribution in [0.2, 0.25) is 0 Å². The van der Waals surface area contributed by atoms with Gasteiger partial charge in [0.25, 0.3) is 5.91 Å². The number of carbonyl (C=O) groups is 2. The van der Waals surface area contributed by atoms with Crippen molar-refractivity contribution in [1.82, 2.24) is 10.3 Å². The van der Waals surface area contributed by atoms with Crippen molar-refractivity contribution in [2.45, 2.75) is 34.1 Å². The highest BCUT2D eigenvalue weighted by Gasteiger charge is 2.24. The Morgan fingerprint density at radius 2 is 1.89 bits per heavy atom. The lowest BCUT2D eigenvalue weighted by Gasteiger charge is -2.09. The van der Waals surface area contributed by atoms with Crippen LogP contribution in [-0.4, -0.2) is 24.0 Å². The second-order valence-electron chi connectivity index (χ2n) is 6.67. The Morgan fingerprint density at radius 1 is 1.19 bits per heavy atom. The number of carbonyl (C=O) groups excluding carboxylic acids is 2. The molecule has 0 unspecified atom stereocenters. The smallest absolute Gasteiger partial charge is 0.338 e. The number of nitrogens with one attached hydrogen (secondary N) is 2. The minimum Gasteiger partial charge on any atom is -0.465 e. The average molecular weight is 364 g/mol. The van der Waals surface area contributed by atoms with Gasteiger partial charge in [-0.1, -0.05) is 25.1 Å². The normalized spacial score (nSPS) is 15.4. The fraction of sp³-hybridized carbons (Fsp3) is 0.273. The lowest BCUT2D eigenvalue weighted by Crippen LogP contribution is -2.15. The summed E-state index contributed by atoms with van der Waals surface area (Å²) < 4.78 is 4.93. The fourth-order valence-corrected chi connectivity index (χ4v) is 3.67. The van der Waals surface area contributed by atoms with Crippen molar-refractivity contribution in [2.75, 3.05) is 7.11 Å². The van der Waals surface area contributed by atoms with Crippen molar-refractivity contribution in [3.8, 4) is 11.1 Å². The third-order valence-corrected chi connectivity index (χ3v) is 5.09. The largest absolute Gasteiger partial charge is 0.465 e. The van der Waals surface area contributed by atoms with Crippen LogP contribution in [0.5, 0.6) is 0 Å². The number of amides is 1. The molecule has 0 radical (unpaired) electrons. The van der Waals surface area contributed by atoms with Crippen LogP contribution in [0.25, 0.3) is 17.2 Å². The number of aromatic nitrogens is 1. The number of ether oxygens (including phenoxy) is 1. The molecule has 2 aromatic rings. The second kappa shape index (κ2) is 7.27. The van der Waals surface area contributed by atoms with Gasteiger partial charge in [0.15, 0.2) is 0 Å². The van der Waals surface area contributed by atoms with Gasteiger partial charge >= 0.3 is 5.97 Å². The van der Waals surface area contributed by atoms with E-state index in [-0.39, 0.29) is 11.9 Å². The summed E-state index contributed by atoms with van der Waals surface area (Å²) in [4.78, 5) is 27.6. The number of H-pyrrole nitrogens is 1. The van der Waals surface area contributed by atoms with Gasteiger partial charge in [0, 0.05) is 28.2 Å². The maximum Gasteiger partial charge on any atom is 0.338 e. The number of hydrogen-bond acceptors (Lipinski definition) is 3. The lowest BCUT2D eigenvalue weighted by atomic mass is 9.96. The van der Waals surface area contributed by atoms with Gasteiger partial charge in [-0.05, 0) is 56.0 Å².